The lowest BCUT2D eigenvalue weighted by atomic mass is 10.2. The molecule has 2 aromatic carbocycles. The van der Waals surface area contributed by atoms with Crippen LogP contribution in [0.2, 0.25) is 0 Å². The van der Waals surface area contributed by atoms with Crippen LogP contribution in [0, 0.1) is 5.82 Å². The molecule has 0 saturated carbocycles. The lowest BCUT2D eigenvalue weighted by molar-refractivity contribution is -0.117. The SMILES string of the molecule is O=C(Cn1nc2c(SCc3ccccc3)nccn2c1=O)Nc1ccccc1F. The van der Waals surface area contributed by atoms with Crippen molar-refractivity contribution >= 4 is 29.0 Å². The average molecular weight is 409 g/mol. The van der Waals surface area contributed by atoms with Crippen molar-refractivity contribution in [1.29, 1.82) is 0 Å². The van der Waals surface area contributed by atoms with Crippen LogP contribution < -0.4 is 11.0 Å². The third-order valence-electron chi connectivity index (χ3n) is 4.13. The second-order valence-corrected chi connectivity index (χ2v) is 7.13. The minimum Gasteiger partial charge on any atom is -0.322 e. The molecule has 0 aliphatic heterocycles. The van der Waals surface area contributed by atoms with Crippen molar-refractivity contribution in [2.24, 2.45) is 0 Å². The Morgan fingerprint density at radius 1 is 1.10 bits per heavy atom. The number of nitrogens with zero attached hydrogens (tertiary/aromatic N) is 4. The van der Waals surface area contributed by atoms with Gasteiger partial charge in [0.05, 0.1) is 5.69 Å². The summed E-state index contributed by atoms with van der Waals surface area (Å²) in [6.45, 7) is -0.336. The van der Waals surface area contributed by atoms with Crippen molar-refractivity contribution in [3.63, 3.8) is 0 Å². The van der Waals surface area contributed by atoms with Gasteiger partial charge in [-0.3, -0.25) is 4.79 Å². The largest absolute Gasteiger partial charge is 0.350 e. The highest BCUT2D eigenvalue weighted by atomic mass is 32.2. The Balaban J connectivity index is 1.55. The molecule has 0 aliphatic carbocycles. The molecule has 1 N–H and O–H groups in total. The molecule has 9 heteroatoms. The quantitative estimate of drug-likeness (QED) is 0.495. The molecule has 7 nitrogen and oxygen atoms in total. The molecule has 0 atom stereocenters. The van der Waals surface area contributed by atoms with E-state index in [2.05, 4.69) is 15.4 Å². The van der Waals surface area contributed by atoms with Crippen LogP contribution >= 0.6 is 11.8 Å². The van der Waals surface area contributed by atoms with Crippen LogP contribution in [-0.4, -0.2) is 25.1 Å². The maximum Gasteiger partial charge on any atom is 0.350 e. The number of benzene rings is 2. The third-order valence-corrected chi connectivity index (χ3v) is 5.17. The summed E-state index contributed by atoms with van der Waals surface area (Å²) in [4.78, 5) is 29.1. The van der Waals surface area contributed by atoms with Gasteiger partial charge in [0.1, 0.15) is 17.4 Å². The number of carbonyl (C=O) groups excluding carboxylic acids is 1. The molecule has 4 rings (SSSR count). The van der Waals surface area contributed by atoms with Gasteiger partial charge in [-0.05, 0) is 17.7 Å². The predicted molar refractivity (Wildman–Crippen MR) is 108 cm³/mol. The van der Waals surface area contributed by atoms with E-state index in [1.165, 1.54) is 46.8 Å². The van der Waals surface area contributed by atoms with Crippen LogP contribution in [-0.2, 0) is 17.1 Å². The first kappa shape index (κ1) is 18.9. The molecule has 29 heavy (non-hydrogen) atoms. The number of thioether (sulfide) groups is 1. The number of anilines is 1. The molecular weight excluding hydrogens is 393 g/mol. The molecule has 146 valence electrons. The number of hydrogen-bond donors (Lipinski definition) is 1. The Morgan fingerprint density at radius 2 is 1.86 bits per heavy atom. The smallest absolute Gasteiger partial charge is 0.322 e. The summed E-state index contributed by atoms with van der Waals surface area (Å²) >= 11 is 1.45. The average Bonchev–Trinajstić information content (AvgIpc) is 3.05. The second kappa shape index (κ2) is 8.27. The van der Waals surface area contributed by atoms with Gasteiger partial charge < -0.3 is 5.32 Å². The number of nitrogens with one attached hydrogen (secondary N) is 1. The number of amides is 1. The van der Waals surface area contributed by atoms with Crippen LogP contribution in [0.3, 0.4) is 0 Å². The Morgan fingerprint density at radius 3 is 2.66 bits per heavy atom. The van der Waals surface area contributed by atoms with Gasteiger partial charge in [-0.15, -0.1) is 5.10 Å². The Bertz CT molecular complexity index is 1220. The number of aromatic nitrogens is 4. The van der Waals surface area contributed by atoms with Crippen molar-refractivity contribution < 1.29 is 9.18 Å². The fourth-order valence-electron chi connectivity index (χ4n) is 2.74. The highest BCUT2D eigenvalue weighted by Crippen LogP contribution is 2.23. The normalized spacial score (nSPS) is 10.9. The van der Waals surface area contributed by atoms with Gasteiger partial charge >= 0.3 is 5.69 Å². The maximum absolute atomic E-state index is 13.7. The number of halogens is 1. The minimum atomic E-state index is -0.549. The van der Waals surface area contributed by atoms with Crippen LogP contribution in [0.5, 0.6) is 0 Å². The standard InChI is InChI=1S/C20H16FN5O2S/c21-15-8-4-5-9-16(15)23-17(27)12-26-20(28)25-11-10-22-19(18(25)24-26)29-13-14-6-2-1-3-7-14/h1-11H,12-13H2,(H,23,27). The molecular formula is C20H16FN5O2S. The van der Waals surface area contributed by atoms with Crippen LogP contribution in [0.4, 0.5) is 10.1 Å². The monoisotopic (exact) mass is 409 g/mol. The summed E-state index contributed by atoms with van der Waals surface area (Å²) in [6.07, 6.45) is 3.02. The van der Waals surface area contributed by atoms with E-state index >= 15 is 0 Å². The van der Waals surface area contributed by atoms with Gasteiger partial charge in [0.25, 0.3) is 0 Å². The Hall–Kier alpha value is -3.46. The first-order chi connectivity index (χ1) is 14.1. The van der Waals surface area contributed by atoms with Crippen LogP contribution in [0.1, 0.15) is 5.56 Å². The molecule has 1 amide bonds. The molecule has 2 aromatic heterocycles. The van der Waals surface area contributed by atoms with Crippen LogP contribution in [0.15, 0.2) is 76.8 Å². The molecule has 4 aromatic rings. The molecule has 0 bridgehead atoms. The van der Waals surface area contributed by atoms with Gasteiger partial charge in [-0.2, -0.15) is 0 Å². The first-order valence-electron chi connectivity index (χ1n) is 8.77. The lowest BCUT2D eigenvalue weighted by Gasteiger charge is -2.05. The zero-order valence-electron chi connectivity index (χ0n) is 15.2. The highest BCUT2D eigenvalue weighted by molar-refractivity contribution is 7.98. The van der Waals surface area contributed by atoms with Crippen molar-refractivity contribution in [3.8, 4) is 0 Å². The van der Waals surface area contributed by atoms with Gasteiger partial charge in [0, 0.05) is 18.1 Å². The van der Waals surface area contributed by atoms with Gasteiger partial charge in [0.2, 0.25) is 5.91 Å². The van der Waals surface area contributed by atoms with E-state index in [0.29, 0.717) is 16.4 Å². The van der Waals surface area contributed by atoms with Crippen molar-refractivity contribution in [2.45, 2.75) is 17.3 Å². The van der Waals surface area contributed by atoms with Crippen molar-refractivity contribution in [1.82, 2.24) is 19.2 Å². The zero-order valence-corrected chi connectivity index (χ0v) is 16.0. The van der Waals surface area contributed by atoms with E-state index in [9.17, 15) is 14.0 Å². The summed E-state index contributed by atoms with van der Waals surface area (Å²) < 4.78 is 16.1. The molecule has 0 unspecified atom stereocenters. The summed E-state index contributed by atoms with van der Waals surface area (Å²) in [7, 11) is 0. The first-order valence-corrected chi connectivity index (χ1v) is 9.75. The number of hydrogen-bond acceptors (Lipinski definition) is 5. The molecule has 0 spiro atoms. The molecule has 0 fully saturated rings. The molecule has 0 saturated heterocycles. The lowest BCUT2D eigenvalue weighted by Crippen LogP contribution is -2.28. The maximum atomic E-state index is 13.7. The predicted octanol–water partition coefficient (Wildman–Crippen LogP) is 2.96. The number of rotatable bonds is 6. The second-order valence-electron chi connectivity index (χ2n) is 6.17. The highest BCUT2D eigenvalue weighted by Gasteiger charge is 2.15. The molecule has 0 aliphatic rings. The molecule has 0 radical (unpaired) electrons. The van der Waals surface area contributed by atoms with Crippen molar-refractivity contribution in [2.75, 3.05) is 5.32 Å². The summed E-state index contributed by atoms with van der Waals surface area (Å²) in [6, 6.07) is 15.7. The Labute approximate surface area is 169 Å². The summed E-state index contributed by atoms with van der Waals surface area (Å²) in [5, 5.41) is 7.29. The van der Waals surface area contributed by atoms with Crippen LogP contribution in [0.25, 0.3) is 5.65 Å². The summed E-state index contributed by atoms with van der Waals surface area (Å²) in [5.41, 5.74) is 1.08. The number of para-hydroxylation sites is 1. The van der Waals surface area contributed by atoms with E-state index in [0.717, 1.165) is 10.2 Å². The van der Waals surface area contributed by atoms with E-state index in [-0.39, 0.29) is 12.2 Å². The topological polar surface area (TPSA) is 81.3 Å². The molecule has 2 heterocycles. The number of carbonyl (C=O) groups is 1. The number of fused-ring (bicyclic) bond motifs is 1. The fourth-order valence-corrected chi connectivity index (χ4v) is 3.64. The van der Waals surface area contributed by atoms with Crippen molar-refractivity contribution in [3.05, 3.63) is 88.9 Å². The van der Waals surface area contributed by atoms with Gasteiger partial charge in [-0.1, -0.05) is 54.2 Å². The van der Waals surface area contributed by atoms with E-state index in [4.69, 9.17) is 0 Å². The minimum absolute atomic E-state index is 0.0510. The zero-order chi connectivity index (χ0) is 20.2. The van der Waals surface area contributed by atoms with Gasteiger partial charge in [-0.25, -0.2) is 23.3 Å². The van der Waals surface area contributed by atoms with E-state index in [1.807, 2.05) is 30.3 Å². The third kappa shape index (κ3) is 4.19. The fraction of sp³-hybridized carbons (Fsp3) is 0.100. The Kier molecular flexibility index (Phi) is 5.39. The van der Waals surface area contributed by atoms with E-state index < -0.39 is 17.4 Å². The van der Waals surface area contributed by atoms with Gasteiger partial charge in [0.15, 0.2) is 5.65 Å². The van der Waals surface area contributed by atoms with E-state index in [1.54, 1.807) is 6.07 Å². The summed E-state index contributed by atoms with van der Waals surface area (Å²) in [5.74, 6) is -0.429.